The van der Waals surface area contributed by atoms with Crippen molar-refractivity contribution < 1.29 is 27.9 Å². The second-order valence-corrected chi connectivity index (χ2v) is 29.5. The molecule has 6 nitrogen and oxygen atoms in total. The second-order valence-electron chi connectivity index (χ2n) is 11.3. The monoisotopic (exact) mass is 498 g/mol. The molecule has 0 aliphatic carbocycles. The van der Waals surface area contributed by atoms with Crippen molar-refractivity contribution in [3.63, 3.8) is 0 Å². The number of aliphatic hydroxyl groups is 2. The summed E-state index contributed by atoms with van der Waals surface area (Å²) in [6, 6.07) is 2.05. The van der Waals surface area contributed by atoms with Crippen molar-refractivity contribution in [2.45, 2.75) is 103 Å². The lowest BCUT2D eigenvalue weighted by molar-refractivity contribution is -0.109. The van der Waals surface area contributed by atoms with E-state index in [9.17, 15) is 10.2 Å². The van der Waals surface area contributed by atoms with E-state index in [0.717, 1.165) is 24.9 Å². The van der Waals surface area contributed by atoms with Crippen molar-refractivity contribution in [2.75, 3.05) is 26.4 Å². The van der Waals surface area contributed by atoms with Gasteiger partial charge >= 0.3 is 0 Å². The molecule has 0 aliphatic heterocycles. The van der Waals surface area contributed by atoms with Crippen molar-refractivity contribution in [1.29, 1.82) is 0 Å². The van der Waals surface area contributed by atoms with E-state index < -0.39 is 45.5 Å². The molecule has 2 atom stereocenters. The lowest BCUT2D eigenvalue weighted by Crippen LogP contribution is -2.43. The minimum Gasteiger partial charge on any atom is -0.456 e. The van der Waals surface area contributed by atoms with Gasteiger partial charge in [-0.2, -0.15) is 0 Å². The fourth-order valence-corrected chi connectivity index (χ4v) is 19.9. The van der Waals surface area contributed by atoms with E-state index in [-0.39, 0.29) is 13.2 Å². The average molecular weight is 499 g/mol. The first kappa shape index (κ1) is 30.6. The zero-order valence-electron chi connectivity index (χ0n) is 21.3. The van der Waals surface area contributed by atoms with Gasteiger partial charge in [0.1, 0.15) is 12.2 Å². The summed E-state index contributed by atoms with van der Waals surface area (Å²) in [6.45, 7) is 23.1. The van der Waals surface area contributed by atoms with Gasteiger partial charge in [-0.25, -0.2) is 0 Å². The molecule has 0 unspecified atom stereocenters. The van der Waals surface area contributed by atoms with Crippen LogP contribution in [-0.2, 0) is 17.7 Å². The molecular weight excluding hydrogens is 449 g/mol. The van der Waals surface area contributed by atoms with Crippen molar-refractivity contribution in [3.05, 3.63) is 0 Å². The van der Waals surface area contributed by atoms with Crippen LogP contribution in [0.5, 0.6) is 0 Å². The molecule has 0 bridgehead atoms. The molecule has 182 valence electrons. The molecule has 0 saturated carbocycles. The van der Waals surface area contributed by atoms with E-state index in [0.29, 0.717) is 13.2 Å². The van der Waals surface area contributed by atoms with E-state index in [2.05, 4.69) is 65.5 Å². The van der Waals surface area contributed by atoms with E-state index in [1.54, 1.807) is 0 Å². The normalized spacial score (nSPS) is 16.0. The molecule has 0 heterocycles. The molecule has 2 N–H and O–H groups in total. The maximum atomic E-state index is 9.72. The highest BCUT2D eigenvalue weighted by Gasteiger charge is 2.30. The maximum Gasteiger partial charge on any atom is 0.173 e. The molecule has 0 aromatic rings. The van der Waals surface area contributed by atoms with E-state index in [1.165, 1.54) is 0 Å². The highest BCUT2D eigenvalue weighted by molar-refractivity contribution is 6.84. The Morgan fingerprint density at radius 1 is 0.567 bits per heavy atom. The van der Waals surface area contributed by atoms with E-state index >= 15 is 0 Å². The van der Waals surface area contributed by atoms with Crippen LogP contribution in [0.25, 0.3) is 0 Å². The van der Waals surface area contributed by atoms with Crippen LogP contribution in [0, 0.1) is 0 Å². The summed E-state index contributed by atoms with van der Waals surface area (Å²) in [4.78, 5) is 0. The van der Waals surface area contributed by atoms with Gasteiger partial charge in [-0.1, -0.05) is 0 Å². The minimum atomic E-state index is -1.68. The third-order valence-corrected chi connectivity index (χ3v) is 16.9. The number of ether oxygens (including phenoxy) is 2. The smallest absolute Gasteiger partial charge is 0.173 e. The Labute approximate surface area is 190 Å². The summed E-state index contributed by atoms with van der Waals surface area (Å²) in [6.07, 6.45) is 0.792. The molecule has 0 aromatic carbocycles. The van der Waals surface area contributed by atoms with Crippen molar-refractivity contribution in [1.82, 2.24) is 0 Å². The molecule has 0 fully saturated rings. The molecule has 0 aromatic heterocycles. The van der Waals surface area contributed by atoms with Crippen LogP contribution in [0.4, 0.5) is 0 Å². The highest BCUT2D eigenvalue weighted by atomic mass is 28.4. The molecule has 30 heavy (non-hydrogen) atoms. The Balaban J connectivity index is 4.34. The lowest BCUT2D eigenvalue weighted by atomic mass is 10.2. The molecule has 0 radical (unpaired) electrons. The lowest BCUT2D eigenvalue weighted by Gasteiger charge is -2.32. The van der Waals surface area contributed by atoms with Gasteiger partial charge in [-0.15, -0.1) is 0 Å². The zero-order valence-corrected chi connectivity index (χ0v) is 25.3. The topological polar surface area (TPSA) is 77.4 Å². The number of hydrogen-bond donors (Lipinski definition) is 2. The van der Waals surface area contributed by atoms with Gasteiger partial charge < -0.3 is 27.9 Å². The molecule has 0 rings (SSSR count). The molecule has 0 amide bonds. The van der Waals surface area contributed by atoms with E-state index in [4.69, 9.17) is 17.7 Å². The van der Waals surface area contributed by atoms with Crippen LogP contribution in [0.3, 0.4) is 0 Å². The molecule has 0 aliphatic rings. The predicted octanol–water partition coefficient (Wildman–Crippen LogP) is 4.63. The average Bonchev–Trinajstić information content (AvgIpc) is 2.51. The van der Waals surface area contributed by atoms with Crippen molar-refractivity contribution in [2.24, 2.45) is 0 Å². The fraction of sp³-hybridized carbons (Fsp3) is 1.00. The van der Waals surface area contributed by atoms with Crippen LogP contribution in [0.1, 0.15) is 12.8 Å². The molecule has 0 saturated heterocycles. The van der Waals surface area contributed by atoms with Gasteiger partial charge in [0, 0.05) is 13.2 Å². The van der Waals surface area contributed by atoms with Gasteiger partial charge in [0.25, 0.3) is 0 Å². The summed E-state index contributed by atoms with van der Waals surface area (Å²) < 4.78 is 24.4. The first-order valence-corrected chi connectivity index (χ1v) is 24.4. The SMILES string of the molecule is C[Si](C)(C)O[Si](C)(C)CCCO[C@@H](CO)[C@@H](CO)OCCC[Si](C)(C)O[Si](C)(C)C. The van der Waals surface area contributed by atoms with Gasteiger partial charge in [0.2, 0.25) is 0 Å². The third-order valence-electron chi connectivity index (χ3n) is 4.45. The Kier molecular flexibility index (Phi) is 13.6. The predicted molar refractivity (Wildman–Crippen MR) is 136 cm³/mol. The fourth-order valence-electron chi connectivity index (χ4n) is 3.78. The van der Waals surface area contributed by atoms with Crippen LogP contribution < -0.4 is 0 Å². The Hall–Kier alpha value is 0.628. The Bertz CT molecular complexity index is 421. The summed E-state index contributed by atoms with van der Waals surface area (Å²) in [7, 11) is -6.42. The van der Waals surface area contributed by atoms with Gasteiger partial charge in [-0.3, -0.25) is 0 Å². The number of rotatable bonds is 17. The third kappa shape index (κ3) is 16.3. The number of aliphatic hydroxyl groups excluding tert-OH is 2. The highest BCUT2D eigenvalue weighted by Crippen LogP contribution is 2.21. The maximum absolute atomic E-state index is 9.72. The first-order chi connectivity index (χ1) is 13.5. The summed E-state index contributed by atoms with van der Waals surface area (Å²) >= 11 is 0. The Morgan fingerprint density at radius 3 is 1.10 bits per heavy atom. The standard InChI is InChI=1S/C20H50O6Si4/c1-27(2,3)25-29(7,8)15-11-13-23-19(17-21)20(18-22)24-14-12-16-30(9,10)26-28(4,5)6/h19-22H,11-18H2,1-10H3/t19-,20+. The molecule has 10 heteroatoms. The summed E-state index contributed by atoms with van der Waals surface area (Å²) in [5.74, 6) is 0. The van der Waals surface area contributed by atoms with Crippen LogP contribution in [0.2, 0.25) is 77.6 Å². The summed E-state index contributed by atoms with van der Waals surface area (Å²) in [5, 5.41) is 19.4. The first-order valence-electron chi connectivity index (χ1n) is 11.4. The Morgan fingerprint density at radius 2 is 0.867 bits per heavy atom. The van der Waals surface area contributed by atoms with Gasteiger partial charge in [0.05, 0.1) is 13.2 Å². The van der Waals surface area contributed by atoms with Crippen LogP contribution in [-0.4, -0.2) is 82.1 Å². The van der Waals surface area contributed by atoms with E-state index in [1.807, 2.05) is 0 Å². The molecule has 0 spiro atoms. The van der Waals surface area contributed by atoms with Gasteiger partial charge in [0.15, 0.2) is 33.3 Å². The van der Waals surface area contributed by atoms with Crippen molar-refractivity contribution >= 4 is 33.3 Å². The summed E-state index contributed by atoms with van der Waals surface area (Å²) in [5.41, 5.74) is 0. The zero-order chi connectivity index (χ0) is 23.6. The second kappa shape index (κ2) is 13.4. The largest absolute Gasteiger partial charge is 0.456 e. The quantitative estimate of drug-likeness (QED) is 0.225. The number of hydrogen-bond acceptors (Lipinski definition) is 6. The van der Waals surface area contributed by atoms with Gasteiger partial charge in [-0.05, 0) is 90.4 Å². The van der Waals surface area contributed by atoms with Crippen LogP contribution >= 0.6 is 0 Å². The molecular formula is C20H50O6Si4. The van der Waals surface area contributed by atoms with Crippen LogP contribution in [0.15, 0.2) is 0 Å². The van der Waals surface area contributed by atoms with Crippen molar-refractivity contribution in [3.8, 4) is 0 Å². The minimum absolute atomic E-state index is 0.156.